The second-order valence-electron chi connectivity index (χ2n) is 5.91. The number of nitrogens with one attached hydrogen (secondary N) is 1. The molecule has 122 valence electrons. The van der Waals surface area contributed by atoms with Gasteiger partial charge >= 0.3 is 0 Å². The van der Waals surface area contributed by atoms with Gasteiger partial charge in [0.1, 0.15) is 15.7 Å². The van der Waals surface area contributed by atoms with Crippen molar-refractivity contribution in [2.45, 2.75) is 31.8 Å². The van der Waals surface area contributed by atoms with Gasteiger partial charge in [0, 0.05) is 12.1 Å². The molecule has 1 aliphatic carbocycles. The van der Waals surface area contributed by atoms with Gasteiger partial charge in [0.15, 0.2) is 0 Å². The molecule has 1 aromatic carbocycles. The normalized spacial score (nSPS) is 21.1. The summed E-state index contributed by atoms with van der Waals surface area (Å²) in [6, 6.07) is 6.40. The number of benzene rings is 1. The van der Waals surface area contributed by atoms with E-state index in [1.807, 2.05) is 0 Å². The molecule has 2 unspecified atom stereocenters. The highest BCUT2D eigenvalue weighted by molar-refractivity contribution is 7.16. The fourth-order valence-corrected chi connectivity index (χ4v) is 3.77. The quantitative estimate of drug-likeness (QED) is 0.902. The van der Waals surface area contributed by atoms with Gasteiger partial charge in [-0.25, -0.2) is 9.37 Å². The van der Waals surface area contributed by atoms with E-state index in [-0.39, 0.29) is 17.8 Å². The van der Waals surface area contributed by atoms with Crippen LogP contribution in [0.3, 0.4) is 0 Å². The molecule has 1 amide bonds. The molecule has 0 spiro atoms. The zero-order valence-electron chi connectivity index (χ0n) is 12.7. The van der Waals surface area contributed by atoms with Crippen LogP contribution in [0.2, 0.25) is 0 Å². The summed E-state index contributed by atoms with van der Waals surface area (Å²) in [5.41, 5.74) is 0.409. The molecular formula is C17H19FN2O2S. The third-order valence-corrected chi connectivity index (χ3v) is 5.17. The first kappa shape index (κ1) is 16.1. The summed E-state index contributed by atoms with van der Waals surface area (Å²) in [4.78, 5) is 16.8. The van der Waals surface area contributed by atoms with Gasteiger partial charge in [0.05, 0.1) is 12.3 Å². The number of carbonyl (C=O) groups excluding carboxylic acids is 1. The van der Waals surface area contributed by atoms with Gasteiger partial charge < -0.3 is 10.4 Å². The summed E-state index contributed by atoms with van der Waals surface area (Å²) in [6.07, 6.45) is 4.86. The number of hydrogen-bond acceptors (Lipinski definition) is 4. The average molecular weight is 334 g/mol. The Labute approximate surface area is 138 Å². The molecular weight excluding hydrogens is 315 g/mol. The number of nitrogens with zero attached hydrogens (tertiary/aromatic N) is 1. The van der Waals surface area contributed by atoms with Crippen molar-refractivity contribution in [2.24, 2.45) is 5.92 Å². The molecule has 0 radical (unpaired) electrons. The number of amides is 1. The molecule has 1 aromatic heterocycles. The minimum Gasteiger partial charge on any atom is -0.393 e. The Morgan fingerprint density at radius 1 is 1.39 bits per heavy atom. The third-order valence-electron chi connectivity index (χ3n) is 4.14. The SMILES string of the molecule is O=C(NCC1CCCC(O)C1)c1cnc(-c2ccccc2F)s1. The van der Waals surface area contributed by atoms with Crippen molar-refractivity contribution < 1.29 is 14.3 Å². The molecule has 1 saturated carbocycles. The molecule has 1 aliphatic rings. The Morgan fingerprint density at radius 3 is 3.00 bits per heavy atom. The van der Waals surface area contributed by atoms with Crippen molar-refractivity contribution in [1.82, 2.24) is 10.3 Å². The van der Waals surface area contributed by atoms with Crippen LogP contribution in [0.15, 0.2) is 30.5 Å². The molecule has 2 N–H and O–H groups in total. The Balaban J connectivity index is 1.61. The predicted molar refractivity (Wildman–Crippen MR) is 87.8 cm³/mol. The smallest absolute Gasteiger partial charge is 0.263 e. The minimum absolute atomic E-state index is 0.190. The molecule has 1 fully saturated rings. The highest BCUT2D eigenvalue weighted by atomic mass is 32.1. The maximum atomic E-state index is 13.8. The van der Waals surface area contributed by atoms with Crippen LogP contribution in [0.4, 0.5) is 4.39 Å². The lowest BCUT2D eigenvalue weighted by Gasteiger charge is -2.25. The zero-order valence-corrected chi connectivity index (χ0v) is 13.5. The minimum atomic E-state index is -0.343. The van der Waals surface area contributed by atoms with E-state index in [9.17, 15) is 14.3 Å². The lowest BCUT2D eigenvalue weighted by molar-refractivity contribution is 0.0876. The van der Waals surface area contributed by atoms with Gasteiger partial charge in [-0.3, -0.25) is 4.79 Å². The number of carbonyl (C=O) groups is 1. The largest absolute Gasteiger partial charge is 0.393 e. The number of thiazole rings is 1. The molecule has 4 nitrogen and oxygen atoms in total. The second-order valence-corrected chi connectivity index (χ2v) is 6.94. The number of aromatic nitrogens is 1. The zero-order chi connectivity index (χ0) is 16.2. The molecule has 0 aliphatic heterocycles. The van der Waals surface area contributed by atoms with Gasteiger partial charge in [0.25, 0.3) is 5.91 Å². The van der Waals surface area contributed by atoms with Gasteiger partial charge in [-0.2, -0.15) is 0 Å². The summed E-state index contributed by atoms with van der Waals surface area (Å²) < 4.78 is 13.8. The molecule has 23 heavy (non-hydrogen) atoms. The molecule has 0 saturated heterocycles. The topological polar surface area (TPSA) is 62.2 Å². The summed E-state index contributed by atoms with van der Waals surface area (Å²) in [7, 11) is 0. The lowest BCUT2D eigenvalue weighted by Crippen LogP contribution is -2.32. The van der Waals surface area contributed by atoms with Crippen LogP contribution in [-0.4, -0.2) is 28.6 Å². The highest BCUT2D eigenvalue weighted by Crippen LogP contribution is 2.27. The summed E-state index contributed by atoms with van der Waals surface area (Å²) >= 11 is 1.18. The predicted octanol–water partition coefficient (Wildman–Crippen LogP) is 3.23. The van der Waals surface area contributed by atoms with Crippen molar-refractivity contribution in [3.63, 3.8) is 0 Å². The van der Waals surface area contributed by atoms with Crippen molar-refractivity contribution in [3.05, 3.63) is 41.2 Å². The molecule has 1 heterocycles. The van der Waals surface area contributed by atoms with Crippen molar-refractivity contribution >= 4 is 17.2 Å². The van der Waals surface area contributed by atoms with E-state index in [2.05, 4.69) is 10.3 Å². The number of hydrogen-bond donors (Lipinski definition) is 2. The van der Waals surface area contributed by atoms with E-state index in [1.54, 1.807) is 18.2 Å². The Kier molecular flexibility index (Phi) is 5.03. The van der Waals surface area contributed by atoms with Crippen LogP contribution in [0.5, 0.6) is 0 Å². The highest BCUT2D eigenvalue weighted by Gasteiger charge is 2.21. The maximum Gasteiger partial charge on any atom is 0.263 e. The van der Waals surface area contributed by atoms with Crippen LogP contribution in [0, 0.1) is 11.7 Å². The van der Waals surface area contributed by atoms with Gasteiger partial charge in [0.2, 0.25) is 0 Å². The first-order valence-electron chi connectivity index (χ1n) is 7.80. The van der Waals surface area contributed by atoms with E-state index in [4.69, 9.17) is 0 Å². The molecule has 2 atom stereocenters. The first-order valence-corrected chi connectivity index (χ1v) is 8.62. The Morgan fingerprint density at radius 2 is 2.22 bits per heavy atom. The van der Waals surface area contributed by atoms with E-state index in [1.165, 1.54) is 23.6 Å². The third kappa shape index (κ3) is 3.95. The Bertz CT molecular complexity index is 689. The van der Waals surface area contributed by atoms with Crippen molar-refractivity contribution in [2.75, 3.05) is 6.54 Å². The molecule has 3 rings (SSSR count). The average Bonchev–Trinajstić information content (AvgIpc) is 3.03. The summed E-state index contributed by atoms with van der Waals surface area (Å²) in [6.45, 7) is 0.558. The van der Waals surface area contributed by atoms with E-state index in [0.717, 1.165) is 25.7 Å². The lowest BCUT2D eigenvalue weighted by atomic mass is 9.87. The molecule has 0 bridgehead atoms. The second kappa shape index (κ2) is 7.19. The van der Waals surface area contributed by atoms with Crippen LogP contribution in [0.25, 0.3) is 10.6 Å². The standard InChI is InChI=1S/C17H19FN2O2S/c18-14-7-2-1-6-13(14)17-20-10-15(23-17)16(22)19-9-11-4-3-5-12(21)8-11/h1-2,6-7,10-12,21H,3-5,8-9H2,(H,19,22). The van der Waals surface area contributed by atoms with Crippen molar-refractivity contribution in [3.8, 4) is 10.6 Å². The fourth-order valence-electron chi connectivity index (χ4n) is 2.91. The van der Waals surface area contributed by atoms with Gasteiger partial charge in [-0.15, -0.1) is 11.3 Å². The number of rotatable bonds is 4. The number of aliphatic hydroxyl groups excluding tert-OH is 1. The van der Waals surface area contributed by atoms with Crippen molar-refractivity contribution in [1.29, 1.82) is 0 Å². The van der Waals surface area contributed by atoms with Crippen LogP contribution in [-0.2, 0) is 0 Å². The number of halogens is 1. The number of aliphatic hydroxyl groups is 1. The van der Waals surface area contributed by atoms with Crippen LogP contribution >= 0.6 is 11.3 Å². The van der Waals surface area contributed by atoms with E-state index >= 15 is 0 Å². The summed E-state index contributed by atoms with van der Waals surface area (Å²) in [5, 5.41) is 13.1. The van der Waals surface area contributed by atoms with Gasteiger partial charge in [-0.05, 0) is 37.3 Å². The first-order chi connectivity index (χ1) is 11.1. The molecule has 6 heteroatoms. The van der Waals surface area contributed by atoms with Crippen LogP contribution < -0.4 is 5.32 Å². The monoisotopic (exact) mass is 334 g/mol. The van der Waals surface area contributed by atoms with E-state index in [0.29, 0.717) is 27.9 Å². The van der Waals surface area contributed by atoms with Crippen LogP contribution in [0.1, 0.15) is 35.4 Å². The molecule has 2 aromatic rings. The summed E-state index contributed by atoms with van der Waals surface area (Å²) in [5.74, 6) is -0.211. The van der Waals surface area contributed by atoms with Gasteiger partial charge in [-0.1, -0.05) is 18.6 Å². The van der Waals surface area contributed by atoms with E-state index < -0.39 is 0 Å². The fraction of sp³-hybridized carbons (Fsp3) is 0.412. The maximum absolute atomic E-state index is 13.8. The Hall–Kier alpha value is -1.79.